The van der Waals surface area contributed by atoms with Crippen molar-refractivity contribution in [1.29, 1.82) is 0 Å². The van der Waals surface area contributed by atoms with E-state index < -0.39 is 27.6 Å². The van der Waals surface area contributed by atoms with Crippen LogP contribution in [-0.2, 0) is 17.1 Å². The third-order valence-corrected chi connectivity index (χ3v) is 4.55. The number of halogens is 2. The molecular formula is C20H15F2N3O4S. The number of hydrogen-bond acceptors (Lipinski definition) is 4. The molecule has 0 bridgehead atoms. The Balaban J connectivity index is 1.98. The summed E-state index contributed by atoms with van der Waals surface area (Å²) in [6, 6.07) is 8.87. The van der Waals surface area contributed by atoms with Gasteiger partial charge < -0.3 is 9.30 Å². The second-order valence-electron chi connectivity index (χ2n) is 6.40. The lowest BCUT2D eigenvalue weighted by Gasteiger charge is -2.10. The van der Waals surface area contributed by atoms with Crippen molar-refractivity contribution in [1.82, 2.24) is 9.29 Å². The molecule has 0 aliphatic heterocycles. The molecular weight excluding hydrogens is 416 g/mol. The predicted octanol–water partition coefficient (Wildman–Crippen LogP) is 4.00. The topological polar surface area (TPSA) is 81.8 Å². The van der Waals surface area contributed by atoms with Crippen LogP contribution in [0.4, 0.5) is 14.5 Å². The number of carbonyl (C=O) groups excluding carboxylic acids is 1. The number of carbonyl (C=O) groups is 1. The van der Waals surface area contributed by atoms with Crippen LogP contribution in [0.5, 0.6) is 11.5 Å². The molecule has 3 aromatic rings. The molecule has 154 valence electrons. The Labute approximate surface area is 171 Å². The van der Waals surface area contributed by atoms with E-state index in [0.29, 0.717) is 5.56 Å². The number of nitrogens with zero attached hydrogens (tertiary/aromatic N) is 2. The maximum absolute atomic E-state index is 13.3. The first-order chi connectivity index (χ1) is 14.1. The van der Waals surface area contributed by atoms with Crippen molar-refractivity contribution in [3.05, 3.63) is 77.4 Å². The molecule has 0 fully saturated rings. The van der Waals surface area contributed by atoms with E-state index in [1.807, 2.05) is 4.72 Å². The number of hydrogen-bond donors (Lipinski definition) is 1. The van der Waals surface area contributed by atoms with Gasteiger partial charge in [0.2, 0.25) is 15.7 Å². The van der Waals surface area contributed by atoms with Crippen LogP contribution in [-0.4, -0.2) is 25.1 Å². The van der Waals surface area contributed by atoms with Gasteiger partial charge in [-0.1, -0.05) is 12.1 Å². The Morgan fingerprint density at radius 2 is 1.70 bits per heavy atom. The molecule has 0 atom stereocenters. The summed E-state index contributed by atoms with van der Waals surface area (Å²) in [6.07, 6.45) is 2.27. The van der Waals surface area contributed by atoms with Gasteiger partial charge in [-0.05, 0) is 17.7 Å². The zero-order chi connectivity index (χ0) is 22.1. The molecule has 3 rings (SSSR count). The van der Waals surface area contributed by atoms with Crippen LogP contribution in [0.2, 0.25) is 0 Å². The predicted molar refractivity (Wildman–Crippen MR) is 106 cm³/mol. The molecule has 0 aliphatic carbocycles. The molecule has 1 aromatic heterocycles. The van der Waals surface area contributed by atoms with Gasteiger partial charge in [0.05, 0.1) is 12.8 Å². The number of amides is 1. The number of rotatable bonds is 5. The Morgan fingerprint density at radius 1 is 1.10 bits per heavy atom. The van der Waals surface area contributed by atoms with Crippen molar-refractivity contribution in [3.8, 4) is 22.6 Å². The van der Waals surface area contributed by atoms with Gasteiger partial charge >= 0.3 is 0 Å². The highest BCUT2D eigenvalue weighted by atomic mass is 32.2. The number of aryl methyl sites for hydroxylation is 1. The highest BCUT2D eigenvalue weighted by Gasteiger charge is 2.23. The highest BCUT2D eigenvalue weighted by molar-refractivity contribution is 7.89. The summed E-state index contributed by atoms with van der Waals surface area (Å²) < 4.78 is 58.2. The quantitative estimate of drug-likeness (QED) is 0.619. The molecule has 1 N–H and O–H groups in total. The molecule has 2 aromatic carbocycles. The minimum Gasteiger partial charge on any atom is -0.457 e. The number of sulfonamides is 1. The van der Waals surface area contributed by atoms with Crippen LogP contribution < -0.4 is 9.46 Å². The fourth-order valence-corrected chi connectivity index (χ4v) is 3.32. The minimum atomic E-state index is -3.80. The summed E-state index contributed by atoms with van der Waals surface area (Å²) in [5.41, 5.74) is 0.847. The number of ether oxygens (including phenoxy) is 1. The molecule has 30 heavy (non-hydrogen) atoms. The van der Waals surface area contributed by atoms with Gasteiger partial charge in [0.15, 0.2) is 0 Å². The molecule has 0 aliphatic rings. The van der Waals surface area contributed by atoms with Crippen LogP contribution in [0, 0.1) is 18.2 Å². The third-order valence-electron chi connectivity index (χ3n) is 3.99. The van der Waals surface area contributed by atoms with Crippen molar-refractivity contribution in [2.24, 2.45) is 7.05 Å². The zero-order valence-electron chi connectivity index (χ0n) is 15.8. The SMILES string of the molecule is [C-]#[N+]c1cn(C)c(C(=O)NS(C)(=O)=O)c1-c1ccc(Oc2cc(F)cc(F)c2)cc1. The van der Waals surface area contributed by atoms with E-state index in [9.17, 15) is 22.0 Å². The van der Waals surface area contributed by atoms with Crippen molar-refractivity contribution in [2.75, 3.05) is 6.26 Å². The first-order valence-electron chi connectivity index (χ1n) is 8.40. The normalized spacial score (nSPS) is 11.0. The van der Waals surface area contributed by atoms with Gasteiger partial charge in [0.25, 0.3) is 5.91 Å². The van der Waals surface area contributed by atoms with E-state index in [4.69, 9.17) is 11.3 Å². The molecule has 0 saturated carbocycles. The standard InChI is InChI=1S/C20H15F2N3O4S/c1-23-17-11-25(2)19(20(26)24-30(3,27)28)18(17)12-4-6-15(7-5-12)29-16-9-13(21)8-14(22)10-16/h4-11H,2-3H3,(H,24,26). The Hall–Kier alpha value is -3.71. The van der Waals surface area contributed by atoms with E-state index in [2.05, 4.69) is 4.85 Å². The van der Waals surface area contributed by atoms with Crippen LogP contribution in [0.25, 0.3) is 16.0 Å². The summed E-state index contributed by atoms with van der Waals surface area (Å²) in [4.78, 5) is 15.9. The van der Waals surface area contributed by atoms with Gasteiger partial charge in [-0.3, -0.25) is 4.79 Å². The summed E-state index contributed by atoms with van der Waals surface area (Å²) in [6.45, 7) is 7.36. The van der Waals surface area contributed by atoms with E-state index in [1.165, 1.54) is 29.9 Å². The lowest BCUT2D eigenvalue weighted by molar-refractivity contribution is 0.0974. The lowest BCUT2D eigenvalue weighted by atomic mass is 10.0. The molecule has 1 amide bonds. The maximum atomic E-state index is 13.3. The van der Waals surface area contributed by atoms with Crippen molar-refractivity contribution in [3.63, 3.8) is 0 Å². The highest BCUT2D eigenvalue weighted by Crippen LogP contribution is 2.36. The first kappa shape index (κ1) is 21.0. The lowest BCUT2D eigenvalue weighted by Crippen LogP contribution is -2.31. The van der Waals surface area contributed by atoms with E-state index in [1.54, 1.807) is 12.1 Å². The van der Waals surface area contributed by atoms with Gasteiger partial charge in [0, 0.05) is 37.0 Å². The summed E-state index contributed by atoms with van der Waals surface area (Å²) in [5.74, 6) is -2.20. The number of benzene rings is 2. The van der Waals surface area contributed by atoms with Crippen molar-refractivity contribution < 1.29 is 26.7 Å². The molecule has 0 saturated heterocycles. The van der Waals surface area contributed by atoms with Gasteiger partial charge in [-0.2, -0.15) is 0 Å². The first-order valence-corrected chi connectivity index (χ1v) is 10.3. The maximum Gasteiger partial charge on any atom is 0.280 e. The molecule has 0 spiro atoms. The van der Waals surface area contributed by atoms with E-state index in [-0.39, 0.29) is 28.4 Å². The fraction of sp³-hybridized carbons (Fsp3) is 0.100. The van der Waals surface area contributed by atoms with Crippen molar-refractivity contribution in [2.45, 2.75) is 0 Å². The number of nitrogens with one attached hydrogen (secondary N) is 1. The summed E-state index contributed by atoms with van der Waals surface area (Å²) >= 11 is 0. The average molecular weight is 431 g/mol. The Kier molecular flexibility index (Phi) is 5.58. The second kappa shape index (κ2) is 7.96. The second-order valence-corrected chi connectivity index (χ2v) is 8.14. The third kappa shape index (κ3) is 4.64. The zero-order valence-corrected chi connectivity index (χ0v) is 16.6. The van der Waals surface area contributed by atoms with E-state index >= 15 is 0 Å². The van der Waals surface area contributed by atoms with Crippen LogP contribution in [0.1, 0.15) is 10.5 Å². The van der Waals surface area contributed by atoms with Crippen LogP contribution in [0.3, 0.4) is 0 Å². The summed E-state index contributed by atoms with van der Waals surface area (Å²) in [7, 11) is -2.29. The molecule has 1 heterocycles. The van der Waals surface area contributed by atoms with Gasteiger partial charge in [0.1, 0.15) is 28.8 Å². The molecule has 7 nitrogen and oxygen atoms in total. The largest absolute Gasteiger partial charge is 0.457 e. The molecule has 0 unspecified atom stereocenters. The minimum absolute atomic E-state index is 0.00713. The van der Waals surface area contributed by atoms with Crippen LogP contribution >= 0.6 is 0 Å². The monoisotopic (exact) mass is 431 g/mol. The van der Waals surface area contributed by atoms with Gasteiger partial charge in [-0.15, -0.1) is 0 Å². The summed E-state index contributed by atoms with van der Waals surface area (Å²) in [5, 5.41) is 0. The molecule has 0 radical (unpaired) electrons. The number of aromatic nitrogens is 1. The fourth-order valence-electron chi connectivity index (χ4n) is 2.88. The Bertz CT molecular complexity index is 1260. The van der Waals surface area contributed by atoms with Crippen molar-refractivity contribution >= 4 is 21.6 Å². The Morgan fingerprint density at radius 3 is 2.23 bits per heavy atom. The average Bonchev–Trinajstić information content (AvgIpc) is 2.96. The van der Waals surface area contributed by atoms with Crippen LogP contribution in [0.15, 0.2) is 48.7 Å². The smallest absolute Gasteiger partial charge is 0.280 e. The molecule has 10 heteroatoms. The van der Waals surface area contributed by atoms with Gasteiger partial charge in [-0.25, -0.2) is 26.8 Å². The van der Waals surface area contributed by atoms with E-state index in [0.717, 1.165) is 24.5 Å².